The number of hydrogen-bond donors (Lipinski definition) is 1. The van der Waals surface area contributed by atoms with E-state index in [0.29, 0.717) is 42.3 Å². The van der Waals surface area contributed by atoms with E-state index in [2.05, 4.69) is 25.2 Å². The van der Waals surface area contributed by atoms with Crippen molar-refractivity contribution in [2.24, 2.45) is 5.41 Å². The number of nitrogens with zero attached hydrogens (tertiary/aromatic N) is 5. The van der Waals surface area contributed by atoms with Crippen LogP contribution >= 0.6 is 23.4 Å². The van der Waals surface area contributed by atoms with Crippen molar-refractivity contribution in [3.8, 4) is 0 Å². The maximum Gasteiger partial charge on any atom is 0.230 e. The molecule has 1 saturated heterocycles. The van der Waals surface area contributed by atoms with Gasteiger partial charge in [-0.2, -0.15) is 0 Å². The molecule has 2 aromatic heterocycles. The Morgan fingerprint density at radius 3 is 2.69 bits per heavy atom. The van der Waals surface area contributed by atoms with Gasteiger partial charge in [0.2, 0.25) is 11.8 Å². The van der Waals surface area contributed by atoms with E-state index in [-0.39, 0.29) is 23.6 Å². The number of aromatic nitrogens is 3. The third-order valence-electron chi connectivity index (χ3n) is 5.04. The lowest BCUT2D eigenvalue weighted by Crippen LogP contribution is -2.56. The molecule has 0 aromatic carbocycles. The van der Waals surface area contributed by atoms with E-state index in [1.165, 1.54) is 11.8 Å². The van der Waals surface area contributed by atoms with Crippen molar-refractivity contribution in [2.45, 2.75) is 45.4 Å². The minimum absolute atomic E-state index is 0.0534. The van der Waals surface area contributed by atoms with Crippen LogP contribution in [0.3, 0.4) is 0 Å². The summed E-state index contributed by atoms with van der Waals surface area (Å²) in [6, 6.07) is 7.34. The SMILES string of the molecule is CC1CN(c2cc(Cl)nc(SCC(=O)NCc3ccccn3)n2)CCN1C(=O)C(C)(C)C. The largest absolute Gasteiger partial charge is 0.353 e. The van der Waals surface area contributed by atoms with Crippen molar-refractivity contribution in [3.05, 3.63) is 41.3 Å². The number of nitrogens with one attached hydrogen (secondary N) is 1. The van der Waals surface area contributed by atoms with E-state index < -0.39 is 5.41 Å². The van der Waals surface area contributed by atoms with Gasteiger partial charge in [0.15, 0.2) is 5.16 Å². The maximum atomic E-state index is 12.7. The van der Waals surface area contributed by atoms with E-state index in [0.717, 1.165) is 5.69 Å². The molecule has 1 aliphatic heterocycles. The highest BCUT2D eigenvalue weighted by Gasteiger charge is 2.34. The van der Waals surface area contributed by atoms with Crippen LogP contribution in [-0.4, -0.2) is 63.1 Å². The lowest BCUT2D eigenvalue weighted by atomic mass is 9.93. The highest BCUT2D eigenvalue weighted by atomic mass is 35.5. The number of piperazine rings is 1. The molecule has 1 aliphatic rings. The van der Waals surface area contributed by atoms with Crippen molar-refractivity contribution in [3.63, 3.8) is 0 Å². The Morgan fingerprint density at radius 1 is 1.25 bits per heavy atom. The zero-order valence-electron chi connectivity index (χ0n) is 18.8. The van der Waals surface area contributed by atoms with Crippen molar-refractivity contribution in [1.29, 1.82) is 0 Å². The molecule has 3 rings (SSSR count). The Balaban J connectivity index is 1.57. The fourth-order valence-corrected chi connectivity index (χ4v) is 4.29. The first-order chi connectivity index (χ1) is 15.1. The Bertz CT molecular complexity index is 953. The van der Waals surface area contributed by atoms with Crippen LogP contribution in [0.15, 0.2) is 35.6 Å². The molecule has 32 heavy (non-hydrogen) atoms. The van der Waals surface area contributed by atoms with E-state index in [9.17, 15) is 9.59 Å². The Kier molecular flexibility index (Phi) is 7.95. The molecule has 1 atom stereocenters. The first kappa shape index (κ1) is 24.3. The van der Waals surface area contributed by atoms with E-state index in [4.69, 9.17) is 11.6 Å². The summed E-state index contributed by atoms with van der Waals surface area (Å²) in [6.07, 6.45) is 1.69. The van der Waals surface area contributed by atoms with Gasteiger partial charge in [-0.3, -0.25) is 14.6 Å². The summed E-state index contributed by atoms with van der Waals surface area (Å²) in [6.45, 7) is 10.2. The van der Waals surface area contributed by atoms with Crippen molar-refractivity contribution in [1.82, 2.24) is 25.2 Å². The summed E-state index contributed by atoms with van der Waals surface area (Å²) in [5.74, 6) is 0.903. The summed E-state index contributed by atoms with van der Waals surface area (Å²) < 4.78 is 0. The second kappa shape index (κ2) is 10.5. The standard InChI is InChI=1S/C22H29ClN6O2S/c1-15-13-28(9-10-29(15)20(31)22(2,3)4)18-11-17(23)26-21(27-18)32-14-19(30)25-12-16-7-5-6-8-24-16/h5-8,11,15H,9-10,12-14H2,1-4H3,(H,25,30). The fraction of sp³-hybridized carbons (Fsp3) is 0.500. The Morgan fingerprint density at radius 2 is 2.03 bits per heavy atom. The quantitative estimate of drug-likeness (QED) is 0.389. The van der Waals surface area contributed by atoms with Crippen LogP contribution in [0.25, 0.3) is 0 Å². The number of carbonyl (C=O) groups excluding carboxylic acids is 2. The van der Waals surface area contributed by atoms with Gasteiger partial charge in [0.1, 0.15) is 11.0 Å². The molecule has 2 amide bonds. The smallest absolute Gasteiger partial charge is 0.230 e. The lowest BCUT2D eigenvalue weighted by Gasteiger charge is -2.42. The highest BCUT2D eigenvalue weighted by Crippen LogP contribution is 2.26. The van der Waals surface area contributed by atoms with E-state index >= 15 is 0 Å². The van der Waals surface area contributed by atoms with Crippen LogP contribution < -0.4 is 10.2 Å². The van der Waals surface area contributed by atoms with Gasteiger partial charge >= 0.3 is 0 Å². The number of amides is 2. The average molecular weight is 477 g/mol. The molecule has 172 valence electrons. The molecule has 1 N–H and O–H groups in total. The molecule has 0 aliphatic carbocycles. The van der Waals surface area contributed by atoms with Gasteiger partial charge in [0, 0.05) is 43.4 Å². The molecule has 1 unspecified atom stereocenters. The second-order valence-corrected chi connectivity index (χ2v) is 10.1. The Labute approximate surface area is 198 Å². The molecule has 0 spiro atoms. The molecule has 2 aromatic rings. The van der Waals surface area contributed by atoms with Gasteiger partial charge in [-0.1, -0.05) is 50.2 Å². The number of carbonyl (C=O) groups is 2. The number of rotatable bonds is 6. The van der Waals surface area contributed by atoms with Crippen LogP contribution in [0.1, 0.15) is 33.4 Å². The molecule has 8 nitrogen and oxygen atoms in total. The van der Waals surface area contributed by atoms with Crippen LogP contribution in [0, 0.1) is 5.41 Å². The predicted molar refractivity (Wildman–Crippen MR) is 127 cm³/mol. The summed E-state index contributed by atoms with van der Waals surface area (Å²) in [7, 11) is 0. The molecule has 0 bridgehead atoms. The summed E-state index contributed by atoms with van der Waals surface area (Å²) in [5, 5.41) is 3.61. The zero-order valence-corrected chi connectivity index (χ0v) is 20.4. The minimum Gasteiger partial charge on any atom is -0.353 e. The molecule has 1 fully saturated rings. The van der Waals surface area contributed by atoms with Crippen molar-refractivity contribution < 1.29 is 9.59 Å². The van der Waals surface area contributed by atoms with Gasteiger partial charge in [0.25, 0.3) is 0 Å². The highest BCUT2D eigenvalue weighted by molar-refractivity contribution is 7.99. The second-order valence-electron chi connectivity index (χ2n) is 8.76. The monoisotopic (exact) mass is 476 g/mol. The normalized spacial score (nSPS) is 16.7. The molecule has 0 saturated carbocycles. The fourth-order valence-electron chi connectivity index (χ4n) is 3.38. The third-order valence-corrected chi connectivity index (χ3v) is 6.08. The molecular formula is C22H29ClN6O2S. The number of thioether (sulfide) groups is 1. The minimum atomic E-state index is -0.407. The van der Waals surface area contributed by atoms with Gasteiger partial charge in [-0.15, -0.1) is 0 Å². The van der Waals surface area contributed by atoms with Crippen LogP contribution in [-0.2, 0) is 16.1 Å². The lowest BCUT2D eigenvalue weighted by molar-refractivity contribution is -0.142. The Hall–Kier alpha value is -2.39. The van der Waals surface area contributed by atoms with Crippen LogP contribution in [0.5, 0.6) is 0 Å². The number of pyridine rings is 1. The number of halogens is 1. The van der Waals surface area contributed by atoms with Gasteiger partial charge in [-0.25, -0.2) is 9.97 Å². The first-order valence-corrected chi connectivity index (χ1v) is 11.9. The van der Waals surface area contributed by atoms with E-state index in [1.807, 2.05) is 50.8 Å². The van der Waals surface area contributed by atoms with Crippen LogP contribution in [0.4, 0.5) is 5.82 Å². The van der Waals surface area contributed by atoms with Crippen molar-refractivity contribution in [2.75, 3.05) is 30.3 Å². The predicted octanol–water partition coefficient (Wildman–Crippen LogP) is 3.02. The van der Waals surface area contributed by atoms with Gasteiger partial charge in [0.05, 0.1) is 18.0 Å². The summed E-state index contributed by atoms with van der Waals surface area (Å²) in [5.41, 5.74) is 0.389. The van der Waals surface area contributed by atoms with Gasteiger partial charge in [-0.05, 0) is 19.1 Å². The van der Waals surface area contributed by atoms with Crippen LogP contribution in [0.2, 0.25) is 5.15 Å². The molecule has 0 radical (unpaired) electrons. The molecule has 10 heteroatoms. The topological polar surface area (TPSA) is 91.3 Å². The van der Waals surface area contributed by atoms with Crippen molar-refractivity contribution >= 4 is 41.0 Å². The molecule has 3 heterocycles. The van der Waals surface area contributed by atoms with Gasteiger partial charge < -0.3 is 15.1 Å². The zero-order chi connectivity index (χ0) is 23.3. The summed E-state index contributed by atoms with van der Waals surface area (Å²) in [4.78, 5) is 41.9. The summed E-state index contributed by atoms with van der Waals surface area (Å²) >= 11 is 7.47. The molecular weight excluding hydrogens is 448 g/mol. The number of anilines is 1. The maximum absolute atomic E-state index is 12.7. The first-order valence-electron chi connectivity index (χ1n) is 10.5. The average Bonchev–Trinajstić information content (AvgIpc) is 2.75. The van der Waals surface area contributed by atoms with E-state index in [1.54, 1.807) is 12.3 Å². The third kappa shape index (κ3) is 6.56. The number of hydrogen-bond acceptors (Lipinski definition) is 7.